The minimum absolute atomic E-state index is 0.350. The van der Waals surface area contributed by atoms with Crippen molar-refractivity contribution in [1.82, 2.24) is 5.32 Å². The second-order valence-electron chi connectivity index (χ2n) is 4.82. The summed E-state index contributed by atoms with van der Waals surface area (Å²) < 4.78 is 5.54. The van der Waals surface area contributed by atoms with Crippen molar-refractivity contribution in [3.63, 3.8) is 0 Å². The molecule has 1 atom stereocenters. The Morgan fingerprint density at radius 2 is 2.29 bits per heavy atom. The molecule has 1 saturated carbocycles. The van der Waals surface area contributed by atoms with Crippen LogP contribution in [0.25, 0.3) is 0 Å². The summed E-state index contributed by atoms with van der Waals surface area (Å²) in [5.41, 5.74) is 1.17. The predicted molar refractivity (Wildman–Crippen MR) is 68.3 cm³/mol. The number of aliphatic hydroxyl groups is 1. The molecule has 1 aliphatic rings. The summed E-state index contributed by atoms with van der Waals surface area (Å²) in [7, 11) is 0. The number of aryl methyl sites for hydroxylation is 1. The van der Waals surface area contributed by atoms with E-state index in [1.54, 1.807) is 0 Å². The average molecular weight is 235 g/mol. The molecule has 0 amide bonds. The lowest BCUT2D eigenvalue weighted by molar-refractivity contribution is 0.0997. The van der Waals surface area contributed by atoms with Gasteiger partial charge in [-0.15, -0.1) is 0 Å². The number of aliphatic hydroxyl groups excluding tert-OH is 1. The highest BCUT2D eigenvalue weighted by Gasteiger charge is 2.17. The number of rotatable bonds is 6. The highest BCUT2D eigenvalue weighted by atomic mass is 16.5. The number of hydrogen-bond donors (Lipinski definition) is 2. The Labute approximate surface area is 103 Å². The predicted octanol–water partition coefficient (Wildman–Crippen LogP) is 1.88. The fourth-order valence-corrected chi connectivity index (χ4v) is 1.87. The average Bonchev–Trinajstić information content (AvgIpc) is 2.24. The zero-order valence-corrected chi connectivity index (χ0v) is 10.4. The molecule has 0 aliphatic heterocycles. The first kappa shape index (κ1) is 12.4. The molecule has 0 saturated heterocycles. The maximum Gasteiger partial charge on any atom is 0.119 e. The number of hydrogen-bond acceptors (Lipinski definition) is 3. The molecule has 2 N–H and O–H groups in total. The summed E-state index contributed by atoms with van der Waals surface area (Å²) in [5, 5.41) is 13.1. The van der Waals surface area contributed by atoms with Crippen molar-refractivity contribution in [2.45, 2.75) is 38.3 Å². The molecule has 0 bridgehead atoms. The lowest BCUT2D eigenvalue weighted by Gasteiger charge is -2.27. The van der Waals surface area contributed by atoms with E-state index in [4.69, 9.17) is 4.74 Å². The van der Waals surface area contributed by atoms with Gasteiger partial charge < -0.3 is 15.2 Å². The second-order valence-corrected chi connectivity index (χ2v) is 4.82. The third kappa shape index (κ3) is 4.02. The number of nitrogens with one attached hydrogen (secondary N) is 1. The van der Waals surface area contributed by atoms with Crippen LogP contribution in [0.2, 0.25) is 0 Å². The van der Waals surface area contributed by atoms with Crippen LogP contribution in [-0.2, 0) is 0 Å². The lowest BCUT2D eigenvalue weighted by Crippen LogP contribution is -2.41. The van der Waals surface area contributed by atoms with Crippen LogP contribution in [0.4, 0.5) is 0 Å². The molecular formula is C14H21NO2. The first-order chi connectivity index (χ1) is 8.24. The van der Waals surface area contributed by atoms with Crippen molar-refractivity contribution < 1.29 is 9.84 Å². The summed E-state index contributed by atoms with van der Waals surface area (Å²) >= 11 is 0. The van der Waals surface area contributed by atoms with Crippen molar-refractivity contribution in [1.29, 1.82) is 0 Å². The highest BCUT2D eigenvalue weighted by molar-refractivity contribution is 5.27. The van der Waals surface area contributed by atoms with Crippen LogP contribution in [0.5, 0.6) is 5.75 Å². The van der Waals surface area contributed by atoms with Gasteiger partial charge in [0, 0.05) is 12.6 Å². The van der Waals surface area contributed by atoms with Crippen molar-refractivity contribution in [2.24, 2.45) is 0 Å². The maximum atomic E-state index is 9.76. The molecule has 17 heavy (non-hydrogen) atoms. The van der Waals surface area contributed by atoms with Gasteiger partial charge in [0.15, 0.2) is 0 Å². The lowest BCUT2D eigenvalue weighted by atomic mass is 9.93. The van der Waals surface area contributed by atoms with Gasteiger partial charge in [0.1, 0.15) is 18.5 Å². The van der Waals surface area contributed by atoms with Crippen LogP contribution in [0.15, 0.2) is 24.3 Å². The summed E-state index contributed by atoms with van der Waals surface area (Å²) in [4.78, 5) is 0. The normalized spacial score (nSPS) is 17.5. The molecule has 2 rings (SSSR count). The summed E-state index contributed by atoms with van der Waals surface area (Å²) in [5.74, 6) is 0.827. The molecule has 1 aromatic carbocycles. The Balaban J connectivity index is 1.66. The topological polar surface area (TPSA) is 41.5 Å². The molecule has 1 aromatic rings. The van der Waals surface area contributed by atoms with Gasteiger partial charge in [0.05, 0.1) is 0 Å². The number of benzene rings is 1. The first-order valence-corrected chi connectivity index (χ1v) is 6.35. The van der Waals surface area contributed by atoms with E-state index in [-0.39, 0.29) is 0 Å². The van der Waals surface area contributed by atoms with E-state index < -0.39 is 6.10 Å². The first-order valence-electron chi connectivity index (χ1n) is 6.35. The molecule has 94 valence electrons. The van der Waals surface area contributed by atoms with E-state index in [0.29, 0.717) is 19.2 Å². The van der Waals surface area contributed by atoms with Crippen LogP contribution in [0.3, 0.4) is 0 Å². The third-order valence-corrected chi connectivity index (χ3v) is 3.18. The SMILES string of the molecule is Cc1cccc(OCC(O)CNC2CCC2)c1. The van der Waals surface area contributed by atoms with Gasteiger partial charge in [0.2, 0.25) is 0 Å². The minimum Gasteiger partial charge on any atom is -0.491 e. The highest BCUT2D eigenvalue weighted by Crippen LogP contribution is 2.17. The Kier molecular flexibility index (Phi) is 4.40. The summed E-state index contributed by atoms with van der Waals surface area (Å²) in [6, 6.07) is 8.50. The van der Waals surface area contributed by atoms with Crippen molar-refractivity contribution in [3.8, 4) is 5.75 Å². The van der Waals surface area contributed by atoms with Gasteiger partial charge in [-0.25, -0.2) is 0 Å². The molecule has 3 heteroatoms. The minimum atomic E-state index is -0.434. The van der Waals surface area contributed by atoms with Crippen LogP contribution in [0, 0.1) is 6.92 Å². The van der Waals surface area contributed by atoms with E-state index in [1.165, 1.54) is 24.8 Å². The molecule has 1 aliphatic carbocycles. The summed E-state index contributed by atoms with van der Waals surface area (Å²) in [6.07, 6.45) is 3.36. The third-order valence-electron chi connectivity index (χ3n) is 3.18. The molecule has 1 unspecified atom stereocenters. The molecular weight excluding hydrogens is 214 g/mol. The van der Waals surface area contributed by atoms with E-state index >= 15 is 0 Å². The largest absolute Gasteiger partial charge is 0.491 e. The van der Waals surface area contributed by atoms with Crippen LogP contribution >= 0.6 is 0 Å². The van der Waals surface area contributed by atoms with E-state index in [1.807, 2.05) is 31.2 Å². The zero-order valence-electron chi connectivity index (χ0n) is 10.4. The van der Waals surface area contributed by atoms with E-state index in [9.17, 15) is 5.11 Å². The van der Waals surface area contributed by atoms with Gasteiger partial charge >= 0.3 is 0 Å². The van der Waals surface area contributed by atoms with Gasteiger partial charge in [-0.05, 0) is 37.5 Å². The van der Waals surface area contributed by atoms with Crippen molar-refractivity contribution >= 4 is 0 Å². The Morgan fingerprint density at radius 3 is 2.94 bits per heavy atom. The molecule has 0 spiro atoms. The molecule has 0 heterocycles. The molecule has 3 nitrogen and oxygen atoms in total. The van der Waals surface area contributed by atoms with Gasteiger partial charge in [-0.2, -0.15) is 0 Å². The van der Waals surface area contributed by atoms with Crippen molar-refractivity contribution in [3.05, 3.63) is 29.8 Å². The van der Waals surface area contributed by atoms with E-state index in [0.717, 1.165) is 5.75 Å². The maximum absolute atomic E-state index is 9.76. The van der Waals surface area contributed by atoms with Gasteiger partial charge in [-0.1, -0.05) is 18.6 Å². The van der Waals surface area contributed by atoms with Gasteiger partial charge in [-0.3, -0.25) is 0 Å². The molecule has 0 aromatic heterocycles. The van der Waals surface area contributed by atoms with E-state index in [2.05, 4.69) is 5.32 Å². The number of ether oxygens (including phenoxy) is 1. The molecule has 0 radical (unpaired) electrons. The van der Waals surface area contributed by atoms with Crippen LogP contribution in [-0.4, -0.2) is 30.4 Å². The Morgan fingerprint density at radius 1 is 1.47 bits per heavy atom. The standard InChI is InChI=1S/C14H21NO2/c1-11-4-2-7-14(8-11)17-10-13(16)9-15-12-5-3-6-12/h2,4,7-8,12-13,15-16H,3,5-6,9-10H2,1H3. The quantitative estimate of drug-likeness (QED) is 0.791. The smallest absolute Gasteiger partial charge is 0.119 e. The van der Waals surface area contributed by atoms with Crippen LogP contribution in [0.1, 0.15) is 24.8 Å². The fourth-order valence-electron chi connectivity index (χ4n) is 1.87. The molecule has 1 fully saturated rings. The second kappa shape index (κ2) is 6.03. The zero-order chi connectivity index (χ0) is 12.1. The van der Waals surface area contributed by atoms with Gasteiger partial charge in [0.25, 0.3) is 0 Å². The summed E-state index contributed by atoms with van der Waals surface area (Å²) in [6.45, 7) is 3.00. The monoisotopic (exact) mass is 235 g/mol. The van der Waals surface area contributed by atoms with Crippen LogP contribution < -0.4 is 10.1 Å². The Hall–Kier alpha value is -1.06. The van der Waals surface area contributed by atoms with Crippen molar-refractivity contribution in [2.75, 3.05) is 13.2 Å². The Bertz CT molecular complexity index is 350. The fraction of sp³-hybridized carbons (Fsp3) is 0.571.